The first kappa shape index (κ1) is 15.2. The number of aromatic nitrogens is 1. The average molecular weight is 321 g/mol. The minimum atomic E-state index is 0.157. The Labute approximate surface area is 135 Å². The highest BCUT2D eigenvalue weighted by molar-refractivity contribution is 6.31. The first-order valence-corrected chi connectivity index (χ1v) is 7.86. The van der Waals surface area contributed by atoms with Gasteiger partial charge in [0.05, 0.1) is 6.54 Å². The number of hydrogen-bond acceptors (Lipinski definition) is 3. The number of carbonyl (C=O) groups is 1. The van der Waals surface area contributed by atoms with E-state index >= 15 is 0 Å². The number of hydrogen-bond donors (Lipinski definition) is 1. The highest BCUT2D eigenvalue weighted by Crippen LogP contribution is 2.30. The Kier molecular flexibility index (Phi) is 4.27. The summed E-state index contributed by atoms with van der Waals surface area (Å²) in [6, 6.07) is 6.06. The number of H-pyrrole nitrogens is 1. The number of anilines is 1. The van der Waals surface area contributed by atoms with Gasteiger partial charge < -0.3 is 14.8 Å². The van der Waals surface area contributed by atoms with E-state index in [0.717, 1.165) is 36.7 Å². The molecular formula is C16H21ClN4O. The Bertz CT molecular complexity index is 674. The van der Waals surface area contributed by atoms with Crippen LogP contribution in [0.15, 0.2) is 24.4 Å². The number of fused-ring (bicyclic) bond motifs is 1. The molecule has 1 fully saturated rings. The molecule has 22 heavy (non-hydrogen) atoms. The number of halogens is 1. The van der Waals surface area contributed by atoms with Crippen molar-refractivity contribution >= 4 is 34.1 Å². The largest absolute Gasteiger partial charge is 0.368 e. The van der Waals surface area contributed by atoms with Gasteiger partial charge in [0.1, 0.15) is 0 Å². The third-order valence-corrected chi connectivity index (χ3v) is 4.40. The number of rotatable bonds is 3. The van der Waals surface area contributed by atoms with Crippen molar-refractivity contribution in [2.24, 2.45) is 0 Å². The summed E-state index contributed by atoms with van der Waals surface area (Å²) in [5.74, 6) is 0.157. The van der Waals surface area contributed by atoms with E-state index in [4.69, 9.17) is 11.6 Å². The lowest BCUT2D eigenvalue weighted by atomic mass is 10.1. The first-order chi connectivity index (χ1) is 10.5. The standard InChI is InChI=1S/C16H21ClN4O/c1-19(2)16(22)11-20-5-7-21(8-6-20)15-10-12(17)9-14-13(15)3-4-18-14/h3-4,9-10,18H,5-8,11H2,1-2H3. The molecule has 0 aliphatic carbocycles. The Morgan fingerprint density at radius 2 is 2.00 bits per heavy atom. The number of likely N-dealkylation sites (N-methyl/N-ethyl adjacent to an activating group) is 1. The molecule has 1 aliphatic rings. The monoisotopic (exact) mass is 320 g/mol. The Balaban J connectivity index is 1.70. The molecule has 1 aromatic heterocycles. The Morgan fingerprint density at radius 3 is 2.68 bits per heavy atom. The molecule has 0 bridgehead atoms. The minimum absolute atomic E-state index is 0.157. The molecule has 5 nitrogen and oxygen atoms in total. The lowest BCUT2D eigenvalue weighted by Crippen LogP contribution is -2.49. The van der Waals surface area contributed by atoms with Crippen molar-refractivity contribution in [2.45, 2.75) is 0 Å². The zero-order valence-electron chi connectivity index (χ0n) is 13.0. The predicted octanol–water partition coefficient (Wildman–Crippen LogP) is 2.03. The first-order valence-electron chi connectivity index (χ1n) is 7.48. The summed E-state index contributed by atoms with van der Waals surface area (Å²) < 4.78 is 0. The van der Waals surface area contributed by atoms with Crippen LogP contribution in [-0.2, 0) is 4.79 Å². The summed E-state index contributed by atoms with van der Waals surface area (Å²) in [5, 5.41) is 1.94. The van der Waals surface area contributed by atoms with E-state index in [2.05, 4.69) is 20.9 Å². The molecule has 1 saturated heterocycles. The van der Waals surface area contributed by atoms with Crippen molar-refractivity contribution in [2.75, 3.05) is 51.7 Å². The highest BCUT2D eigenvalue weighted by Gasteiger charge is 2.21. The van der Waals surface area contributed by atoms with Crippen LogP contribution in [0.1, 0.15) is 0 Å². The van der Waals surface area contributed by atoms with Crippen molar-refractivity contribution < 1.29 is 4.79 Å². The zero-order chi connectivity index (χ0) is 15.7. The minimum Gasteiger partial charge on any atom is -0.368 e. The molecule has 1 aromatic carbocycles. The third-order valence-electron chi connectivity index (χ3n) is 4.18. The van der Waals surface area contributed by atoms with E-state index < -0.39 is 0 Å². The number of carbonyl (C=O) groups excluding carboxylic acids is 1. The summed E-state index contributed by atoms with van der Waals surface area (Å²) in [6.07, 6.45) is 1.94. The van der Waals surface area contributed by atoms with E-state index in [1.807, 2.05) is 18.3 Å². The van der Waals surface area contributed by atoms with E-state index in [1.165, 1.54) is 11.1 Å². The van der Waals surface area contributed by atoms with E-state index in [-0.39, 0.29) is 5.91 Å². The van der Waals surface area contributed by atoms with Crippen LogP contribution in [0.25, 0.3) is 10.9 Å². The van der Waals surface area contributed by atoms with Gasteiger partial charge in [-0.1, -0.05) is 11.6 Å². The molecule has 0 radical (unpaired) electrons. The zero-order valence-corrected chi connectivity index (χ0v) is 13.7. The lowest BCUT2D eigenvalue weighted by molar-refractivity contribution is -0.129. The fraction of sp³-hybridized carbons (Fsp3) is 0.438. The van der Waals surface area contributed by atoms with Gasteiger partial charge in [0.2, 0.25) is 5.91 Å². The Hall–Kier alpha value is -1.72. The fourth-order valence-corrected chi connectivity index (χ4v) is 3.07. The van der Waals surface area contributed by atoms with Gasteiger partial charge in [-0.15, -0.1) is 0 Å². The van der Waals surface area contributed by atoms with Gasteiger partial charge in [0.25, 0.3) is 0 Å². The number of amides is 1. The van der Waals surface area contributed by atoms with Crippen LogP contribution in [-0.4, -0.2) is 67.5 Å². The highest BCUT2D eigenvalue weighted by atomic mass is 35.5. The number of nitrogens with one attached hydrogen (secondary N) is 1. The predicted molar refractivity (Wildman–Crippen MR) is 90.7 cm³/mol. The molecule has 118 valence electrons. The third kappa shape index (κ3) is 3.05. The second-order valence-corrected chi connectivity index (χ2v) is 6.35. The maximum Gasteiger partial charge on any atom is 0.236 e. The average Bonchev–Trinajstić information content (AvgIpc) is 2.95. The second-order valence-electron chi connectivity index (χ2n) is 5.92. The lowest BCUT2D eigenvalue weighted by Gasteiger charge is -2.36. The van der Waals surface area contributed by atoms with Crippen LogP contribution in [0, 0.1) is 0 Å². The molecule has 3 rings (SSSR count). The molecule has 0 unspecified atom stereocenters. The normalized spacial score (nSPS) is 16.2. The molecule has 0 saturated carbocycles. The molecule has 6 heteroatoms. The van der Waals surface area contributed by atoms with Crippen molar-refractivity contribution in [1.82, 2.24) is 14.8 Å². The van der Waals surface area contributed by atoms with Gasteiger partial charge in [0, 0.05) is 68.1 Å². The molecule has 0 atom stereocenters. The van der Waals surface area contributed by atoms with Gasteiger partial charge in [0.15, 0.2) is 0 Å². The quantitative estimate of drug-likeness (QED) is 0.941. The van der Waals surface area contributed by atoms with Gasteiger partial charge in [-0.2, -0.15) is 0 Å². The Morgan fingerprint density at radius 1 is 1.27 bits per heavy atom. The van der Waals surface area contributed by atoms with Crippen molar-refractivity contribution in [3.8, 4) is 0 Å². The summed E-state index contributed by atoms with van der Waals surface area (Å²) in [4.78, 5) is 21.2. The van der Waals surface area contributed by atoms with E-state index in [0.29, 0.717) is 6.54 Å². The van der Waals surface area contributed by atoms with Crippen molar-refractivity contribution in [1.29, 1.82) is 0 Å². The maximum absolute atomic E-state index is 11.8. The molecule has 2 heterocycles. The van der Waals surface area contributed by atoms with Crippen LogP contribution < -0.4 is 4.90 Å². The molecular weight excluding hydrogens is 300 g/mol. The summed E-state index contributed by atoms with van der Waals surface area (Å²) in [6.45, 7) is 4.08. The number of aromatic amines is 1. The molecule has 0 spiro atoms. The van der Waals surface area contributed by atoms with Crippen LogP contribution >= 0.6 is 11.6 Å². The van der Waals surface area contributed by atoms with Gasteiger partial charge in [-0.05, 0) is 18.2 Å². The van der Waals surface area contributed by atoms with E-state index in [9.17, 15) is 4.79 Å². The molecule has 1 aliphatic heterocycles. The van der Waals surface area contributed by atoms with Crippen LogP contribution in [0.2, 0.25) is 5.02 Å². The summed E-state index contributed by atoms with van der Waals surface area (Å²) in [5.41, 5.74) is 2.23. The summed E-state index contributed by atoms with van der Waals surface area (Å²) >= 11 is 6.23. The number of benzene rings is 1. The summed E-state index contributed by atoms with van der Waals surface area (Å²) in [7, 11) is 3.60. The number of nitrogens with zero attached hydrogens (tertiary/aromatic N) is 3. The molecule has 1 amide bonds. The number of piperazine rings is 1. The van der Waals surface area contributed by atoms with Crippen LogP contribution in [0.3, 0.4) is 0 Å². The van der Waals surface area contributed by atoms with Crippen molar-refractivity contribution in [3.05, 3.63) is 29.4 Å². The van der Waals surface area contributed by atoms with Gasteiger partial charge >= 0.3 is 0 Å². The second kappa shape index (κ2) is 6.18. The van der Waals surface area contributed by atoms with Crippen LogP contribution in [0.5, 0.6) is 0 Å². The topological polar surface area (TPSA) is 42.6 Å². The van der Waals surface area contributed by atoms with Gasteiger partial charge in [-0.25, -0.2) is 0 Å². The smallest absolute Gasteiger partial charge is 0.236 e. The van der Waals surface area contributed by atoms with Gasteiger partial charge in [-0.3, -0.25) is 9.69 Å². The maximum atomic E-state index is 11.8. The molecule has 1 N–H and O–H groups in total. The van der Waals surface area contributed by atoms with E-state index in [1.54, 1.807) is 19.0 Å². The molecule has 2 aromatic rings. The van der Waals surface area contributed by atoms with Crippen molar-refractivity contribution in [3.63, 3.8) is 0 Å². The SMILES string of the molecule is CN(C)C(=O)CN1CCN(c2cc(Cl)cc3[nH]ccc23)CC1. The van der Waals surface area contributed by atoms with Crippen LogP contribution in [0.4, 0.5) is 5.69 Å². The fourth-order valence-electron chi connectivity index (χ4n) is 2.85.